The molecule has 0 amide bonds. The molecule has 1 aliphatic carbocycles. The summed E-state index contributed by atoms with van der Waals surface area (Å²) in [5.41, 5.74) is 0. The Morgan fingerprint density at radius 1 is 1.47 bits per heavy atom. The summed E-state index contributed by atoms with van der Waals surface area (Å²) in [4.78, 5) is 14.8. The number of carbonyl (C=O) groups is 1. The summed E-state index contributed by atoms with van der Waals surface area (Å²) in [6.07, 6.45) is 10.3. The van der Waals surface area contributed by atoms with Crippen molar-refractivity contribution in [2.24, 2.45) is 5.92 Å². The van der Waals surface area contributed by atoms with Gasteiger partial charge in [0.1, 0.15) is 0 Å². The fraction of sp³-hybridized carbons (Fsp3) is 0.667. The van der Waals surface area contributed by atoms with Crippen molar-refractivity contribution in [3.63, 3.8) is 0 Å². The number of imidazole rings is 1. The molecule has 1 fully saturated rings. The molecule has 94 valence electrons. The molecule has 0 aromatic carbocycles. The van der Waals surface area contributed by atoms with Crippen molar-refractivity contribution in [2.45, 2.75) is 43.8 Å². The van der Waals surface area contributed by atoms with Crippen LogP contribution in [0.5, 0.6) is 0 Å². The Hall–Kier alpha value is -0.970. The van der Waals surface area contributed by atoms with E-state index in [0.717, 1.165) is 17.6 Å². The smallest absolute Gasteiger partial charge is 0.313 e. The summed E-state index contributed by atoms with van der Waals surface area (Å²) in [6, 6.07) is 0. The van der Waals surface area contributed by atoms with Crippen molar-refractivity contribution >= 4 is 17.7 Å². The lowest BCUT2D eigenvalue weighted by Crippen LogP contribution is -2.14. The number of hydrogen-bond donors (Lipinski definition) is 1. The molecule has 1 aliphatic rings. The second kappa shape index (κ2) is 6.10. The third-order valence-corrected chi connectivity index (χ3v) is 4.17. The zero-order valence-electron chi connectivity index (χ0n) is 9.84. The predicted octanol–water partition coefficient (Wildman–Crippen LogP) is 2.64. The summed E-state index contributed by atoms with van der Waals surface area (Å²) in [5.74, 6) is 0.0335. The van der Waals surface area contributed by atoms with E-state index in [1.54, 1.807) is 6.20 Å². The van der Waals surface area contributed by atoms with Gasteiger partial charge < -0.3 is 9.67 Å². The molecule has 0 atom stereocenters. The minimum Gasteiger partial charge on any atom is -0.481 e. The van der Waals surface area contributed by atoms with Gasteiger partial charge >= 0.3 is 5.97 Å². The van der Waals surface area contributed by atoms with Gasteiger partial charge in [0.25, 0.3) is 0 Å². The summed E-state index contributed by atoms with van der Waals surface area (Å²) in [6.45, 7) is 0.988. The van der Waals surface area contributed by atoms with Gasteiger partial charge in [-0.25, -0.2) is 4.98 Å². The molecule has 1 aromatic rings. The van der Waals surface area contributed by atoms with Crippen LogP contribution < -0.4 is 0 Å². The largest absolute Gasteiger partial charge is 0.481 e. The maximum absolute atomic E-state index is 10.5. The van der Waals surface area contributed by atoms with Crippen molar-refractivity contribution in [3.8, 4) is 0 Å². The maximum atomic E-state index is 10.5. The molecule has 0 aliphatic heterocycles. The SMILES string of the molecule is O=C(O)CSc1nccn1CC1CCCCC1. The average Bonchev–Trinajstić information content (AvgIpc) is 2.75. The average molecular weight is 254 g/mol. The number of carboxylic acid groups (broad SMARTS) is 1. The molecule has 1 heterocycles. The Morgan fingerprint density at radius 3 is 2.94 bits per heavy atom. The molecule has 5 heteroatoms. The molecule has 0 bridgehead atoms. The van der Waals surface area contributed by atoms with E-state index in [0.29, 0.717) is 0 Å². The first-order valence-corrected chi connectivity index (χ1v) is 7.10. The van der Waals surface area contributed by atoms with Crippen LogP contribution in [0.2, 0.25) is 0 Å². The zero-order valence-corrected chi connectivity index (χ0v) is 10.7. The first kappa shape index (κ1) is 12.5. The standard InChI is InChI=1S/C12H18N2O2S/c15-11(16)9-17-12-13-6-7-14(12)8-10-4-2-1-3-5-10/h6-7,10H,1-5,8-9H2,(H,15,16). The van der Waals surface area contributed by atoms with Gasteiger partial charge in [0, 0.05) is 18.9 Å². The van der Waals surface area contributed by atoms with E-state index in [1.807, 2.05) is 6.20 Å². The molecule has 0 unspecified atom stereocenters. The Labute approximate surface area is 105 Å². The molecule has 2 rings (SSSR count). The van der Waals surface area contributed by atoms with Gasteiger partial charge in [0.15, 0.2) is 5.16 Å². The van der Waals surface area contributed by atoms with Crippen molar-refractivity contribution in [3.05, 3.63) is 12.4 Å². The minimum absolute atomic E-state index is 0.0850. The van der Waals surface area contributed by atoms with E-state index in [-0.39, 0.29) is 5.75 Å². The van der Waals surface area contributed by atoms with Gasteiger partial charge in [-0.2, -0.15) is 0 Å². The Bertz CT molecular complexity index is 372. The van der Waals surface area contributed by atoms with E-state index >= 15 is 0 Å². The second-order valence-electron chi connectivity index (χ2n) is 4.55. The topological polar surface area (TPSA) is 55.1 Å². The minimum atomic E-state index is -0.790. The number of carboxylic acids is 1. The number of rotatable bonds is 5. The highest BCUT2D eigenvalue weighted by atomic mass is 32.2. The van der Waals surface area contributed by atoms with Gasteiger partial charge in [0.05, 0.1) is 5.75 Å². The van der Waals surface area contributed by atoms with Crippen molar-refractivity contribution in [2.75, 3.05) is 5.75 Å². The van der Waals surface area contributed by atoms with Crippen LogP contribution in [0.4, 0.5) is 0 Å². The second-order valence-corrected chi connectivity index (χ2v) is 5.49. The summed E-state index contributed by atoms with van der Waals surface area (Å²) in [5, 5.41) is 9.50. The monoisotopic (exact) mass is 254 g/mol. The highest BCUT2D eigenvalue weighted by Gasteiger charge is 2.15. The molecule has 1 N–H and O–H groups in total. The van der Waals surface area contributed by atoms with Crippen molar-refractivity contribution < 1.29 is 9.90 Å². The molecule has 17 heavy (non-hydrogen) atoms. The van der Waals surface area contributed by atoms with Crippen LogP contribution >= 0.6 is 11.8 Å². The van der Waals surface area contributed by atoms with E-state index in [4.69, 9.17) is 5.11 Å². The van der Waals surface area contributed by atoms with E-state index in [2.05, 4.69) is 9.55 Å². The molecule has 0 saturated heterocycles. The van der Waals surface area contributed by atoms with E-state index in [9.17, 15) is 4.79 Å². The van der Waals surface area contributed by atoms with Crippen LogP contribution in [0.3, 0.4) is 0 Å². The van der Waals surface area contributed by atoms with E-state index < -0.39 is 5.97 Å². The van der Waals surface area contributed by atoms with Crippen LogP contribution in [-0.4, -0.2) is 26.4 Å². The van der Waals surface area contributed by atoms with Gasteiger partial charge in [-0.3, -0.25) is 4.79 Å². The third kappa shape index (κ3) is 3.77. The maximum Gasteiger partial charge on any atom is 0.313 e. The van der Waals surface area contributed by atoms with Gasteiger partial charge in [-0.1, -0.05) is 31.0 Å². The van der Waals surface area contributed by atoms with Crippen LogP contribution in [0, 0.1) is 5.92 Å². The third-order valence-electron chi connectivity index (χ3n) is 3.18. The van der Waals surface area contributed by atoms with Crippen LogP contribution in [-0.2, 0) is 11.3 Å². The molecule has 0 radical (unpaired) electrons. The summed E-state index contributed by atoms with van der Waals surface area (Å²) >= 11 is 1.30. The van der Waals surface area contributed by atoms with Crippen molar-refractivity contribution in [1.82, 2.24) is 9.55 Å². The lowest BCUT2D eigenvalue weighted by atomic mass is 9.89. The van der Waals surface area contributed by atoms with Crippen LogP contribution in [0.15, 0.2) is 17.6 Å². The lowest BCUT2D eigenvalue weighted by molar-refractivity contribution is -0.133. The van der Waals surface area contributed by atoms with E-state index in [1.165, 1.54) is 43.9 Å². The normalized spacial score (nSPS) is 17.2. The van der Waals surface area contributed by atoms with Crippen molar-refractivity contribution in [1.29, 1.82) is 0 Å². The first-order valence-electron chi connectivity index (χ1n) is 6.11. The lowest BCUT2D eigenvalue weighted by Gasteiger charge is -2.22. The predicted molar refractivity (Wildman–Crippen MR) is 67.2 cm³/mol. The van der Waals surface area contributed by atoms with Gasteiger partial charge in [-0.15, -0.1) is 0 Å². The van der Waals surface area contributed by atoms with Crippen LogP contribution in [0.25, 0.3) is 0 Å². The number of nitrogens with zero attached hydrogens (tertiary/aromatic N) is 2. The Morgan fingerprint density at radius 2 is 2.24 bits per heavy atom. The summed E-state index contributed by atoms with van der Waals surface area (Å²) < 4.78 is 2.10. The highest BCUT2D eigenvalue weighted by Crippen LogP contribution is 2.26. The highest BCUT2D eigenvalue weighted by molar-refractivity contribution is 7.99. The van der Waals surface area contributed by atoms with Gasteiger partial charge in [0.2, 0.25) is 0 Å². The van der Waals surface area contributed by atoms with Gasteiger partial charge in [-0.05, 0) is 18.8 Å². The molecule has 1 aromatic heterocycles. The molecule has 1 saturated carbocycles. The summed E-state index contributed by atoms with van der Waals surface area (Å²) in [7, 11) is 0. The molecule has 0 spiro atoms. The molecular formula is C12H18N2O2S. The number of aromatic nitrogens is 2. The Kier molecular flexibility index (Phi) is 4.48. The fourth-order valence-electron chi connectivity index (χ4n) is 2.35. The molecular weight excluding hydrogens is 236 g/mol. The number of aliphatic carboxylic acids is 1. The Balaban J connectivity index is 1.91. The quantitative estimate of drug-likeness (QED) is 0.821. The first-order chi connectivity index (χ1) is 8.25. The fourth-order valence-corrected chi connectivity index (χ4v) is 3.04. The molecule has 4 nitrogen and oxygen atoms in total. The number of hydrogen-bond acceptors (Lipinski definition) is 3. The van der Waals surface area contributed by atoms with Crippen LogP contribution in [0.1, 0.15) is 32.1 Å². The number of thioether (sulfide) groups is 1. The zero-order chi connectivity index (χ0) is 12.1.